The Morgan fingerprint density at radius 2 is 2.26 bits per heavy atom. The Labute approximate surface area is 137 Å². The van der Waals surface area contributed by atoms with Crippen LogP contribution in [-0.2, 0) is 22.4 Å². The number of fused-ring (bicyclic) bond motifs is 3. The molecule has 0 N–H and O–H groups in total. The van der Waals surface area contributed by atoms with E-state index in [0.717, 1.165) is 23.1 Å². The standard InChI is InChI=1S/C16H17N3O3S/c1-8-9(2)22-16(21)19(8)15(20)10-3-4-11-12-6-17-7-18-14(12)23-13(11)5-10/h6-10H,3-5H2,1-2H3/t8-,9+,10?/m0/s1. The van der Waals surface area contributed by atoms with E-state index in [2.05, 4.69) is 9.97 Å². The van der Waals surface area contributed by atoms with Crippen LogP contribution in [0.15, 0.2) is 12.5 Å². The van der Waals surface area contributed by atoms with Gasteiger partial charge in [-0.2, -0.15) is 0 Å². The zero-order chi connectivity index (χ0) is 16.1. The topological polar surface area (TPSA) is 72.4 Å². The largest absolute Gasteiger partial charge is 0.444 e. The fourth-order valence-electron chi connectivity index (χ4n) is 3.41. The van der Waals surface area contributed by atoms with Crippen LogP contribution in [0, 0.1) is 5.92 Å². The molecule has 1 aliphatic carbocycles. The minimum atomic E-state index is -0.511. The number of carbonyl (C=O) groups is 2. The van der Waals surface area contributed by atoms with E-state index in [4.69, 9.17) is 4.74 Å². The van der Waals surface area contributed by atoms with E-state index in [9.17, 15) is 9.59 Å². The number of cyclic esters (lactones) is 1. The van der Waals surface area contributed by atoms with Gasteiger partial charge in [0, 0.05) is 22.4 Å². The highest BCUT2D eigenvalue weighted by Crippen LogP contribution is 2.38. The predicted octanol–water partition coefficient (Wildman–Crippen LogP) is 2.55. The van der Waals surface area contributed by atoms with E-state index in [1.807, 2.05) is 20.0 Å². The third-order valence-electron chi connectivity index (χ3n) is 4.89. The Balaban J connectivity index is 1.60. The number of hydrogen-bond donors (Lipinski definition) is 0. The van der Waals surface area contributed by atoms with Crippen LogP contribution in [0.2, 0.25) is 0 Å². The average Bonchev–Trinajstić information content (AvgIpc) is 3.03. The van der Waals surface area contributed by atoms with Crippen molar-refractivity contribution in [2.75, 3.05) is 0 Å². The SMILES string of the molecule is C[C@H]1OC(=O)N(C(=O)C2CCc3c(sc4ncncc34)C2)[C@H]1C. The molecule has 2 aromatic rings. The zero-order valence-corrected chi connectivity index (χ0v) is 13.8. The smallest absolute Gasteiger partial charge is 0.417 e. The monoisotopic (exact) mass is 331 g/mol. The van der Waals surface area contributed by atoms with Crippen molar-refractivity contribution in [1.29, 1.82) is 0 Å². The van der Waals surface area contributed by atoms with Crippen LogP contribution >= 0.6 is 11.3 Å². The third-order valence-corrected chi connectivity index (χ3v) is 6.07. The molecule has 1 aliphatic heterocycles. The van der Waals surface area contributed by atoms with Gasteiger partial charge in [0.1, 0.15) is 17.3 Å². The van der Waals surface area contributed by atoms with Crippen molar-refractivity contribution >= 4 is 33.6 Å². The maximum Gasteiger partial charge on any atom is 0.417 e. The molecule has 2 aromatic heterocycles. The van der Waals surface area contributed by atoms with Gasteiger partial charge in [-0.15, -0.1) is 11.3 Å². The van der Waals surface area contributed by atoms with E-state index >= 15 is 0 Å². The van der Waals surface area contributed by atoms with Crippen LogP contribution in [0.3, 0.4) is 0 Å². The number of carbonyl (C=O) groups excluding carboxylic acids is 2. The van der Waals surface area contributed by atoms with Crippen LogP contribution in [0.4, 0.5) is 4.79 Å². The van der Waals surface area contributed by atoms with Crippen molar-refractivity contribution in [3.8, 4) is 0 Å². The molecule has 120 valence electrons. The van der Waals surface area contributed by atoms with Crippen LogP contribution in [-0.4, -0.2) is 39.0 Å². The van der Waals surface area contributed by atoms with E-state index in [1.165, 1.54) is 15.3 Å². The summed E-state index contributed by atoms with van der Waals surface area (Å²) in [6.45, 7) is 3.68. The van der Waals surface area contributed by atoms with Crippen LogP contribution in [0.5, 0.6) is 0 Å². The van der Waals surface area contributed by atoms with Crippen LogP contribution in [0.25, 0.3) is 10.2 Å². The minimum Gasteiger partial charge on any atom is -0.444 e. The van der Waals surface area contributed by atoms with Crippen molar-refractivity contribution in [3.05, 3.63) is 23.0 Å². The molecule has 3 atom stereocenters. The first-order chi connectivity index (χ1) is 11.1. The zero-order valence-electron chi connectivity index (χ0n) is 13.0. The lowest BCUT2D eigenvalue weighted by Gasteiger charge is -2.26. The highest BCUT2D eigenvalue weighted by atomic mass is 32.1. The molecule has 23 heavy (non-hydrogen) atoms. The maximum absolute atomic E-state index is 12.8. The highest BCUT2D eigenvalue weighted by molar-refractivity contribution is 7.18. The van der Waals surface area contributed by atoms with Crippen molar-refractivity contribution in [1.82, 2.24) is 14.9 Å². The third kappa shape index (κ3) is 2.22. The molecule has 6 nitrogen and oxygen atoms in total. The Hall–Kier alpha value is -2.02. The summed E-state index contributed by atoms with van der Waals surface area (Å²) in [5.41, 5.74) is 1.26. The van der Waals surface area contributed by atoms with Crippen molar-refractivity contribution in [2.45, 2.75) is 45.3 Å². The second-order valence-corrected chi connectivity index (χ2v) is 7.31. The number of hydrogen-bond acceptors (Lipinski definition) is 6. The number of imide groups is 1. The molecule has 0 bridgehead atoms. The summed E-state index contributed by atoms with van der Waals surface area (Å²) in [7, 11) is 0. The molecule has 0 saturated carbocycles. The second kappa shape index (κ2) is 5.26. The van der Waals surface area contributed by atoms with Gasteiger partial charge in [-0.25, -0.2) is 19.7 Å². The lowest BCUT2D eigenvalue weighted by molar-refractivity contribution is -0.133. The van der Waals surface area contributed by atoms with Crippen LogP contribution < -0.4 is 0 Å². The molecular weight excluding hydrogens is 314 g/mol. The Bertz CT molecular complexity index is 803. The van der Waals surface area contributed by atoms with E-state index < -0.39 is 6.09 Å². The number of aryl methyl sites for hydroxylation is 1. The molecule has 2 aliphatic rings. The molecule has 7 heteroatoms. The van der Waals surface area contributed by atoms with E-state index in [0.29, 0.717) is 6.42 Å². The summed E-state index contributed by atoms with van der Waals surface area (Å²) in [5, 5.41) is 1.10. The summed E-state index contributed by atoms with van der Waals surface area (Å²) < 4.78 is 5.17. The summed E-state index contributed by atoms with van der Waals surface area (Å²) in [5.74, 6) is -0.273. The molecule has 1 saturated heterocycles. The van der Waals surface area contributed by atoms with E-state index in [-0.39, 0.29) is 24.0 Å². The van der Waals surface area contributed by atoms with Crippen molar-refractivity contribution in [3.63, 3.8) is 0 Å². The Morgan fingerprint density at radius 3 is 3.00 bits per heavy atom. The lowest BCUT2D eigenvalue weighted by Crippen LogP contribution is -2.43. The van der Waals surface area contributed by atoms with Gasteiger partial charge in [0.05, 0.1) is 6.04 Å². The minimum absolute atomic E-state index is 0.110. The molecule has 1 fully saturated rings. The summed E-state index contributed by atoms with van der Waals surface area (Å²) in [6, 6.07) is -0.204. The number of ether oxygens (including phenoxy) is 1. The average molecular weight is 331 g/mol. The molecule has 3 heterocycles. The van der Waals surface area contributed by atoms with Crippen molar-refractivity contribution in [2.24, 2.45) is 5.92 Å². The number of amides is 2. The van der Waals surface area contributed by atoms with Crippen molar-refractivity contribution < 1.29 is 14.3 Å². The first-order valence-electron chi connectivity index (χ1n) is 7.80. The van der Waals surface area contributed by atoms with Gasteiger partial charge >= 0.3 is 6.09 Å². The van der Waals surface area contributed by atoms with Gasteiger partial charge in [-0.3, -0.25) is 4.79 Å². The number of aromatic nitrogens is 2. The molecule has 0 radical (unpaired) electrons. The number of thiophene rings is 1. The number of nitrogens with zero attached hydrogens (tertiary/aromatic N) is 3. The molecular formula is C16H17N3O3S. The predicted molar refractivity (Wildman–Crippen MR) is 85.2 cm³/mol. The number of rotatable bonds is 1. The van der Waals surface area contributed by atoms with Gasteiger partial charge in [0.15, 0.2) is 0 Å². The van der Waals surface area contributed by atoms with Crippen LogP contribution in [0.1, 0.15) is 30.7 Å². The molecule has 2 amide bonds. The first-order valence-corrected chi connectivity index (χ1v) is 8.62. The molecule has 1 unspecified atom stereocenters. The highest BCUT2D eigenvalue weighted by Gasteiger charge is 2.43. The van der Waals surface area contributed by atoms with E-state index in [1.54, 1.807) is 17.7 Å². The molecule has 0 aromatic carbocycles. The maximum atomic E-state index is 12.8. The normalized spacial score (nSPS) is 27.1. The fraction of sp³-hybridized carbons (Fsp3) is 0.500. The second-order valence-electron chi connectivity index (χ2n) is 6.22. The Morgan fingerprint density at radius 1 is 1.43 bits per heavy atom. The van der Waals surface area contributed by atoms with Gasteiger partial charge in [0.25, 0.3) is 0 Å². The quantitative estimate of drug-likeness (QED) is 0.803. The fourth-order valence-corrected chi connectivity index (χ4v) is 4.65. The van der Waals surface area contributed by atoms with Gasteiger partial charge < -0.3 is 4.74 Å². The summed E-state index contributed by atoms with van der Waals surface area (Å²) in [4.78, 5) is 36.6. The van der Waals surface area contributed by atoms with Gasteiger partial charge in [-0.05, 0) is 38.7 Å². The molecule has 4 rings (SSSR count). The lowest BCUT2D eigenvalue weighted by atomic mass is 9.87. The Kier molecular flexibility index (Phi) is 3.33. The molecule has 0 spiro atoms. The van der Waals surface area contributed by atoms with Gasteiger partial charge in [-0.1, -0.05) is 0 Å². The first kappa shape index (κ1) is 14.6. The summed E-state index contributed by atoms with van der Waals surface area (Å²) >= 11 is 1.63. The summed E-state index contributed by atoms with van der Waals surface area (Å²) in [6.07, 6.45) is 4.88. The van der Waals surface area contributed by atoms with Gasteiger partial charge in [0.2, 0.25) is 5.91 Å².